The lowest BCUT2D eigenvalue weighted by molar-refractivity contribution is -0.119. The van der Waals surface area contributed by atoms with E-state index in [1.807, 2.05) is 0 Å². The van der Waals surface area contributed by atoms with E-state index in [4.69, 9.17) is 5.73 Å². The van der Waals surface area contributed by atoms with Gasteiger partial charge in [-0.05, 0) is 18.8 Å². The third kappa shape index (κ3) is 3.84. The summed E-state index contributed by atoms with van der Waals surface area (Å²) in [5, 5.41) is 11.1. The number of nitrogens with one attached hydrogen (secondary N) is 1. The first-order chi connectivity index (χ1) is 8.65. The summed E-state index contributed by atoms with van der Waals surface area (Å²) in [5.74, 6) is 1.05. The summed E-state index contributed by atoms with van der Waals surface area (Å²) in [5.41, 5.74) is 5.48. The molecule has 5 nitrogen and oxygen atoms in total. The molecule has 1 aliphatic carbocycles. The Kier molecular flexibility index (Phi) is 4.82. The van der Waals surface area contributed by atoms with Gasteiger partial charge < -0.3 is 11.1 Å². The Morgan fingerprint density at radius 1 is 1.50 bits per heavy atom. The molecule has 0 aromatic carbocycles. The summed E-state index contributed by atoms with van der Waals surface area (Å²) < 4.78 is 0.749. The maximum Gasteiger partial charge on any atom is 0.230 e. The Hall–Kier alpha value is -0.820. The van der Waals surface area contributed by atoms with Gasteiger partial charge >= 0.3 is 0 Å². The molecule has 1 aromatic heterocycles. The molecule has 1 amide bonds. The molecule has 0 bridgehead atoms. The van der Waals surface area contributed by atoms with Gasteiger partial charge in [-0.1, -0.05) is 42.9 Å². The monoisotopic (exact) mass is 286 g/mol. The van der Waals surface area contributed by atoms with Gasteiger partial charge in [0.05, 0.1) is 5.75 Å². The maximum atomic E-state index is 11.8. The highest BCUT2D eigenvalue weighted by Crippen LogP contribution is 2.25. The van der Waals surface area contributed by atoms with Gasteiger partial charge in [0.2, 0.25) is 11.0 Å². The van der Waals surface area contributed by atoms with E-state index >= 15 is 0 Å². The molecule has 0 aliphatic heterocycles. The van der Waals surface area contributed by atoms with Crippen molar-refractivity contribution >= 4 is 34.1 Å². The van der Waals surface area contributed by atoms with Gasteiger partial charge in [0, 0.05) is 6.04 Å². The average molecular weight is 286 g/mol. The zero-order valence-corrected chi connectivity index (χ0v) is 12.0. The molecule has 1 aliphatic rings. The van der Waals surface area contributed by atoms with Gasteiger partial charge in [-0.2, -0.15) is 0 Å². The molecular weight excluding hydrogens is 268 g/mol. The first-order valence-electron chi connectivity index (χ1n) is 6.16. The summed E-state index contributed by atoms with van der Waals surface area (Å²) in [4.78, 5) is 11.8. The van der Waals surface area contributed by atoms with Crippen LogP contribution in [0.25, 0.3) is 0 Å². The molecule has 1 saturated carbocycles. The van der Waals surface area contributed by atoms with Crippen LogP contribution < -0.4 is 11.1 Å². The minimum Gasteiger partial charge on any atom is -0.374 e. The van der Waals surface area contributed by atoms with Crippen molar-refractivity contribution in [3.05, 3.63) is 0 Å². The highest BCUT2D eigenvalue weighted by Gasteiger charge is 2.22. The van der Waals surface area contributed by atoms with Crippen LogP contribution in [0.4, 0.5) is 5.13 Å². The SMILES string of the molecule is C[C@H]1CCCC[C@H]1NC(=O)CSc1nnc(N)s1. The minimum atomic E-state index is 0.0764. The molecule has 1 fully saturated rings. The maximum absolute atomic E-state index is 11.8. The second-order valence-electron chi connectivity index (χ2n) is 4.63. The van der Waals surface area contributed by atoms with Crippen molar-refractivity contribution in [2.24, 2.45) is 5.92 Å². The summed E-state index contributed by atoms with van der Waals surface area (Å²) in [7, 11) is 0. The van der Waals surface area contributed by atoms with Crippen molar-refractivity contribution in [1.82, 2.24) is 15.5 Å². The molecule has 0 spiro atoms. The zero-order chi connectivity index (χ0) is 13.0. The molecule has 7 heteroatoms. The van der Waals surface area contributed by atoms with E-state index in [9.17, 15) is 4.79 Å². The van der Waals surface area contributed by atoms with Crippen LogP contribution in [0.15, 0.2) is 4.34 Å². The van der Waals surface area contributed by atoms with Crippen molar-refractivity contribution in [2.45, 2.75) is 43.0 Å². The number of amides is 1. The van der Waals surface area contributed by atoms with E-state index in [2.05, 4.69) is 22.4 Å². The number of nitrogen functional groups attached to an aromatic ring is 1. The third-order valence-corrected chi connectivity index (χ3v) is 5.09. The predicted octanol–water partition coefficient (Wildman–Crippen LogP) is 1.91. The third-order valence-electron chi connectivity index (χ3n) is 3.21. The van der Waals surface area contributed by atoms with E-state index in [0.29, 0.717) is 22.8 Å². The molecule has 0 unspecified atom stereocenters. The van der Waals surface area contributed by atoms with Gasteiger partial charge in [-0.3, -0.25) is 4.79 Å². The lowest BCUT2D eigenvalue weighted by atomic mass is 9.86. The Bertz CT molecular complexity index is 410. The molecule has 1 aromatic rings. The second kappa shape index (κ2) is 6.38. The van der Waals surface area contributed by atoms with Crippen molar-refractivity contribution in [3.8, 4) is 0 Å². The lowest BCUT2D eigenvalue weighted by Crippen LogP contribution is -2.41. The van der Waals surface area contributed by atoms with Crippen molar-refractivity contribution in [3.63, 3.8) is 0 Å². The van der Waals surface area contributed by atoms with E-state index in [0.717, 1.165) is 10.8 Å². The number of rotatable bonds is 4. The van der Waals surface area contributed by atoms with Gasteiger partial charge in [0.25, 0.3) is 0 Å². The summed E-state index contributed by atoms with van der Waals surface area (Å²) in [6.07, 6.45) is 4.82. The molecule has 0 radical (unpaired) electrons. The Labute approximate surface area is 115 Å². The molecular formula is C11H18N4OS2. The molecule has 0 saturated heterocycles. The predicted molar refractivity (Wildman–Crippen MR) is 74.6 cm³/mol. The van der Waals surface area contributed by atoms with Crippen LogP contribution in [-0.4, -0.2) is 27.9 Å². The summed E-state index contributed by atoms with van der Waals surface area (Å²) in [6.45, 7) is 2.21. The van der Waals surface area contributed by atoms with Crippen LogP contribution in [0.1, 0.15) is 32.6 Å². The highest BCUT2D eigenvalue weighted by atomic mass is 32.2. The second-order valence-corrected chi connectivity index (χ2v) is 6.86. The zero-order valence-electron chi connectivity index (χ0n) is 10.4. The number of thioether (sulfide) groups is 1. The molecule has 1 heterocycles. The highest BCUT2D eigenvalue weighted by molar-refractivity contribution is 8.01. The van der Waals surface area contributed by atoms with Crippen LogP contribution >= 0.6 is 23.1 Å². The fourth-order valence-corrected chi connectivity index (χ4v) is 3.63. The number of hydrogen-bond acceptors (Lipinski definition) is 6. The average Bonchev–Trinajstić information content (AvgIpc) is 2.76. The van der Waals surface area contributed by atoms with E-state index in [-0.39, 0.29) is 5.91 Å². The van der Waals surface area contributed by atoms with E-state index < -0.39 is 0 Å². The molecule has 18 heavy (non-hydrogen) atoms. The lowest BCUT2D eigenvalue weighted by Gasteiger charge is -2.29. The molecule has 2 rings (SSSR count). The topological polar surface area (TPSA) is 80.9 Å². The van der Waals surface area contributed by atoms with Crippen LogP contribution in [0.5, 0.6) is 0 Å². The standard InChI is InChI=1S/C11H18N4OS2/c1-7-4-2-3-5-8(7)13-9(16)6-17-11-15-14-10(12)18-11/h7-8H,2-6H2,1H3,(H2,12,14)(H,13,16)/t7-,8+/m0/s1. The van der Waals surface area contributed by atoms with Gasteiger partial charge in [-0.25, -0.2) is 0 Å². The smallest absolute Gasteiger partial charge is 0.230 e. The molecule has 100 valence electrons. The quantitative estimate of drug-likeness (QED) is 0.826. The fraction of sp³-hybridized carbons (Fsp3) is 0.727. The Balaban J connectivity index is 1.74. The number of carbonyl (C=O) groups excluding carboxylic acids is 1. The largest absolute Gasteiger partial charge is 0.374 e. The number of nitrogens with zero attached hydrogens (tertiary/aromatic N) is 2. The molecule has 3 N–H and O–H groups in total. The fourth-order valence-electron chi connectivity index (χ4n) is 2.19. The van der Waals surface area contributed by atoms with E-state index in [1.165, 1.54) is 42.4 Å². The van der Waals surface area contributed by atoms with Crippen LogP contribution in [0, 0.1) is 5.92 Å². The number of aromatic nitrogens is 2. The minimum absolute atomic E-state index is 0.0764. The number of nitrogens with two attached hydrogens (primary N) is 1. The van der Waals surface area contributed by atoms with Crippen molar-refractivity contribution in [2.75, 3.05) is 11.5 Å². The summed E-state index contributed by atoms with van der Waals surface area (Å²) in [6, 6.07) is 0.339. The first kappa shape index (κ1) is 13.6. The Morgan fingerprint density at radius 2 is 2.28 bits per heavy atom. The van der Waals surface area contributed by atoms with Gasteiger partial charge in [0.15, 0.2) is 4.34 Å². The van der Waals surface area contributed by atoms with Crippen LogP contribution in [0.2, 0.25) is 0 Å². The van der Waals surface area contributed by atoms with Crippen molar-refractivity contribution in [1.29, 1.82) is 0 Å². The summed E-state index contributed by atoms with van der Waals surface area (Å²) >= 11 is 2.71. The van der Waals surface area contributed by atoms with E-state index in [1.54, 1.807) is 0 Å². The van der Waals surface area contributed by atoms with Gasteiger partial charge in [0.1, 0.15) is 0 Å². The van der Waals surface area contributed by atoms with Crippen LogP contribution in [-0.2, 0) is 4.79 Å². The normalized spacial score (nSPS) is 23.8. The van der Waals surface area contributed by atoms with Gasteiger partial charge in [-0.15, -0.1) is 10.2 Å². The number of hydrogen-bond donors (Lipinski definition) is 2. The number of anilines is 1. The number of carbonyl (C=O) groups is 1. The van der Waals surface area contributed by atoms with Crippen LogP contribution in [0.3, 0.4) is 0 Å². The molecule has 2 atom stereocenters. The Morgan fingerprint density at radius 3 is 2.94 bits per heavy atom. The first-order valence-corrected chi connectivity index (χ1v) is 7.96. The van der Waals surface area contributed by atoms with Crippen molar-refractivity contribution < 1.29 is 4.79 Å².